The highest BCUT2D eigenvalue weighted by atomic mass is 35.5. The molecule has 1 aromatic heterocycles. The lowest BCUT2D eigenvalue weighted by Crippen LogP contribution is -1.96. The van der Waals surface area contributed by atoms with Gasteiger partial charge in [0.1, 0.15) is 0 Å². The first-order valence-electron chi connectivity index (χ1n) is 6.26. The lowest BCUT2D eigenvalue weighted by Gasteiger charge is -1.98. The van der Waals surface area contributed by atoms with Crippen molar-refractivity contribution in [3.63, 3.8) is 0 Å². The number of rotatable bonds is 3. The van der Waals surface area contributed by atoms with Gasteiger partial charge in [0.15, 0.2) is 5.82 Å². The number of hydrogen-bond donors (Lipinski definition) is 1. The summed E-state index contributed by atoms with van der Waals surface area (Å²) in [6.07, 6.45) is 3.08. The standard InChI is InChI=1S/C16H10Cl2N2O/c17-11-7-5-10(12(18)9-11)6-8-15(21)16-19-13-3-1-2-4-14(13)20-16/h1-9H,(H,19,20)/b8-6+. The molecule has 3 aromatic rings. The van der Waals surface area contributed by atoms with Crippen LogP contribution in [0.1, 0.15) is 16.2 Å². The van der Waals surface area contributed by atoms with Crippen molar-refractivity contribution >= 4 is 46.1 Å². The summed E-state index contributed by atoms with van der Waals surface area (Å²) in [5.74, 6) is 0.0924. The molecule has 0 aliphatic rings. The molecule has 21 heavy (non-hydrogen) atoms. The van der Waals surface area contributed by atoms with E-state index >= 15 is 0 Å². The van der Waals surface area contributed by atoms with Crippen molar-refractivity contribution in [2.75, 3.05) is 0 Å². The molecule has 2 aromatic carbocycles. The van der Waals surface area contributed by atoms with Crippen molar-refractivity contribution < 1.29 is 4.79 Å². The Morgan fingerprint density at radius 3 is 2.71 bits per heavy atom. The van der Waals surface area contributed by atoms with E-state index in [1.165, 1.54) is 6.08 Å². The molecular formula is C16H10Cl2N2O. The van der Waals surface area contributed by atoms with Gasteiger partial charge in [0.25, 0.3) is 0 Å². The molecule has 1 N–H and O–H groups in total. The van der Waals surface area contributed by atoms with E-state index in [1.54, 1.807) is 24.3 Å². The van der Waals surface area contributed by atoms with Gasteiger partial charge in [-0.2, -0.15) is 0 Å². The van der Waals surface area contributed by atoms with Gasteiger partial charge >= 0.3 is 0 Å². The lowest BCUT2D eigenvalue weighted by molar-refractivity contribution is 0.103. The number of imidazole rings is 1. The van der Waals surface area contributed by atoms with E-state index < -0.39 is 0 Å². The number of nitrogens with one attached hydrogen (secondary N) is 1. The summed E-state index contributed by atoms with van der Waals surface area (Å²) in [5, 5.41) is 1.05. The van der Waals surface area contributed by atoms with Gasteiger partial charge in [0.2, 0.25) is 5.78 Å². The average Bonchev–Trinajstić information content (AvgIpc) is 2.90. The van der Waals surface area contributed by atoms with Crippen LogP contribution in [0.3, 0.4) is 0 Å². The van der Waals surface area contributed by atoms with Crippen LogP contribution < -0.4 is 0 Å². The molecule has 0 saturated carbocycles. The minimum absolute atomic E-state index is 0.211. The Kier molecular flexibility index (Phi) is 3.78. The number of nitrogens with zero attached hydrogens (tertiary/aromatic N) is 1. The van der Waals surface area contributed by atoms with E-state index in [0.717, 1.165) is 16.6 Å². The van der Waals surface area contributed by atoms with E-state index in [2.05, 4.69) is 9.97 Å². The van der Waals surface area contributed by atoms with Gasteiger partial charge in [-0.15, -0.1) is 0 Å². The second-order valence-corrected chi connectivity index (χ2v) is 5.31. The smallest absolute Gasteiger partial charge is 0.221 e. The van der Waals surface area contributed by atoms with Crippen LogP contribution in [-0.4, -0.2) is 15.8 Å². The summed E-state index contributed by atoms with van der Waals surface area (Å²) in [7, 11) is 0. The number of ketones is 1. The van der Waals surface area contributed by atoms with E-state index in [-0.39, 0.29) is 5.78 Å². The molecule has 3 nitrogen and oxygen atoms in total. The molecule has 0 aliphatic heterocycles. The molecule has 0 bridgehead atoms. The third-order valence-electron chi connectivity index (χ3n) is 3.00. The zero-order valence-electron chi connectivity index (χ0n) is 10.8. The van der Waals surface area contributed by atoms with E-state index in [1.807, 2.05) is 24.3 Å². The number of halogens is 2. The van der Waals surface area contributed by atoms with Gasteiger partial charge in [-0.25, -0.2) is 4.98 Å². The maximum Gasteiger partial charge on any atom is 0.221 e. The number of fused-ring (bicyclic) bond motifs is 1. The fraction of sp³-hybridized carbons (Fsp3) is 0. The fourth-order valence-corrected chi connectivity index (χ4v) is 2.42. The largest absolute Gasteiger partial charge is 0.335 e. The molecule has 0 fully saturated rings. The molecular weight excluding hydrogens is 307 g/mol. The second-order valence-electron chi connectivity index (χ2n) is 4.47. The summed E-state index contributed by atoms with van der Waals surface area (Å²) in [6.45, 7) is 0. The number of allylic oxidation sites excluding steroid dienone is 1. The van der Waals surface area contributed by atoms with Gasteiger partial charge in [-0.3, -0.25) is 4.79 Å². The van der Waals surface area contributed by atoms with Crippen molar-refractivity contribution in [2.24, 2.45) is 0 Å². The second kappa shape index (κ2) is 5.72. The van der Waals surface area contributed by atoms with Gasteiger partial charge < -0.3 is 4.98 Å². The van der Waals surface area contributed by atoms with Crippen LogP contribution in [0.2, 0.25) is 10.0 Å². The molecule has 0 unspecified atom stereocenters. The Morgan fingerprint density at radius 2 is 1.95 bits per heavy atom. The van der Waals surface area contributed by atoms with E-state index in [4.69, 9.17) is 23.2 Å². The Labute approximate surface area is 131 Å². The van der Waals surface area contributed by atoms with Crippen molar-refractivity contribution in [2.45, 2.75) is 0 Å². The highest BCUT2D eigenvalue weighted by Crippen LogP contribution is 2.22. The molecule has 1 heterocycles. The first kappa shape index (κ1) is 13.9. The van der Waals surface area contributed by atoms with Gasteiger partial charge in [-0.05, 0) is 42.0 Å². The predicted molar refractivity (Wildman–Crippen MR) is 85.9 cm³/mol. The quantitative estimate of drug-likeness (QED) is 0.559. The van der Waals surface area contributed by atoms with Crippen LogP contribution >= 0.6 is 23.2 Å². The predicted octanol–water partition coefficient (Wildman–Crippen LogP) is 4.77. The van der Waals surface area contributed by atoms with Gasteiger partial charge in [-0.1, -0.05) is 41.4 Å². The lowest BCUT2D eigenvalue weighted by atomic mass is 10.2. The summed E-state index contributed by atoms with van der Waals surface area (Å²) in [4.78, 5) is 19.4. The zero-order chi connectivity index (χ0) is 14.8. The molecule has 0 amide bonds. The molecule has 5 heteroatoms. The Bertz CT molecular complexity index is 819. The number of carbonyl (C=O) groups excluding carboxylic acids is 1. The zero-order valence-corrected chi connectivity index (χ0v) is 12.3. The number of para-hydroxylation sites is 2. The number of carbonyl (C=O) groups is 1. The van der Waals surface area contributed by atoms with Crippen LogP contribution in [0.4, 0.5) is 0 Å². The van der Waals surface area contributed by atoms with Crippen molar-refractivity contribution in [1.29, 1.82) is 0 Å². The number of H-pyrrole nitrogens is 1. The Morgan fingerprint density at radius 1 is 1.14 bits per heavy atom. The van der Waals surface area contributed by atoms with E-state index in [0.29, 0.717) is 15.9 Å². The maximum absolute atomic E-state index is 12.1. The normalized spacial score (nSPS) is 11.3. The highest BCUT2D eigenvalue weighted by molar-refractivity contribution is 6.35. The summed E-state index contributed by atoms with van der Waals surface area (Å²) >= 11 is 11.9. The van der Waals surface area contributed by atoms with Crippen LogP contribution in [-0.2, 0) is 0 Å². The Balaban J connectivity index is 1.86. The number of aromatic nitrogens is 2. The number of hydrogen-bond acceptors (Lipinski definition) is 2. The Hall–Kier alpha value is -2.10. The van der Waals surface area contributed by atoms with Crippen molar-refractivity contribution in [3.05, 3.63) is 70.0 Å². The molecule has 0 radical (unpaired) electrons. The fourth-order valence-electron chi connectivity index (χ4n) is 1.95. The first-order chi connectivity index (χ1) is 10.1. The molecule has 0 atom stereocenters. The average molecular weight is 317 g/mol. The molecule has 0 saturated heterocycles. The van der Waals surface area contributed by atoms with E-state index in [9.17, 15) is 4.79 Å². The molecule has 3 rings (SSSR count). The number of aromatic amines is 1. The summed E-state index contributed by atoms with van der Waals surface area (Å²) < 4.78 is 0. The highest BCUT2D eigenvalue weighted by Gasteiger charge is 2.08. The van der Waals surface area contributed by atoms with Gasteiger partial charge in [0.05, 0.1) is 11.0 Å². The molecule has 0 spiro atoms. The summed E-state index contributed by atoms with van der Waals surface area (Å²) in [6, 6.07) is 12.6. The first-order valence-corrected chi connectivity index (χ1v) is 7.01. The third kappa shape index (κ3) is 2.99. The van der Waals surface area contributed by atoms with Crippen molar-refractivity contribution in [3.8, 4) is 0 Å². The molecule has 0 aliphatic carbocycles. The van der Waals surface area contributed by atoms with Crippen molar-refractivity contribution in [1.82, 2.24) is 9.97 Å². The number of benzene rings is 2. The van der Waals surface area contributed by atoms with Crippen LogP contribution in [0.25, 0.3) is 17.1 Å². The van der Waals surface area contributed by atoms with Crippen LogP contribution in [0, 0.1) is 0 Å². The minimum Gasteiger partial charge on any atom is -0.335 e. The third-order valence-corrected chi connectivity index (χ3v) is 3.56. The minimum atomic E-state index is -0.211. The van der Waals surface area contributed by atoms with Crippen LogP contribution in [0.5, 0.6) is 0 Å². The SMILES string of the molecule is O=C(/C=C/c1ccc(Cl)cc1Cl)c1nc2ccccc2[nH]1. The van der Waals surface area contributed by atoms with Crippen LogP contribution in [0.15, 0.2) is 48.5 Å². The summed E-state index contributed by atoms with van der Waals surface area (Å²) in [5.41, 5.74) is 2.32. The topological polar surface area (TPSA) is 45.8 Å². The monoisotopic (exact) mass is 316 g/mol. The maximum atomic E-state index is 12.1. The molecule has 104 valence electrons. The van der Waals surface area contributed by atoms with Gasteiger partial charge in [0, 0.05) is 10.0 Å².